The van der Waals surface area contributed by atoms with Crippen LogP contribution in [0.4, 0.5) is 5.69 Å². The van der Waals surface area contributed by atoms with Crippen LogP contribution in [-0.4, -0.2) is 58.4 Å². The average Bonchev–Trinajstić information content (AvgIpc) is 3.47. The van der Waals surface area contributed by atoms with E-state index >= 15 is 4.79 Å². The summed E-state index contributed by atoms with van der Waals surface area (Å²) in [5.41, 5.74) is 2.87. The Balaban J connectivity index is 1.49. The van der Waals surface area contributed by atoms with Crippen LogP contribution in [-0.2, 0) is 24.6 Å². The van der Waals surface area contributed by atoms with Gasteiger partial charge in [0, 0.05) is 28.1 Å². The monoisotopic (exact) mass is 717 g/mol. The minimum absolute atomic E-state index is 0.0439. The Morgan fingerprint density at radius 2 is 1.60 bits per heavy atom. The van der Waals surface area contributed by atoms with Crippen molar-refractivity contribution in [2.75, 3.05) is 19.6 Å². The van der Waals surface area contributed by atoms with E-state index in [9.17, 15) is 19.5 Å². The normalized spacial score (nSPS) is 27.5. The fourth-order valence-corrected chi connectivity index (χ4v) is 9.24. The Hall–Kier alpha value is -4.54. The molecule has 2 heterocycles. The molecule has 3 aromatic carbocycles. The van der Waals surface area contributed by atoms with Crippen molar-refractivity contribution < 1.29 is 33.8 Å². The van der Waals surface area contributed by atoms with Crippen molar-refractivity contribution in [1.82, 2.24) is 9.91 Å². The number of anilines is 1. The number of phenols is 1. The van der Waals surface area contributed by atoms with Crippen LogP contribution in [0, 0.1) is 23.7 Å². The summed E-state index contributed by atoms with van der Waals surface area (Å²) in [6.45, 7) is 5.50. The number of amides is 4. The first-order chi connectivity index (χ1) is 23.7. The summed E-state index contributed by atoms with van der Waals surface area (Å²) < 4.78 is 11.3. The summed E-state index contributed by atoms with van der Waals surface area (Å²) in [4.78, 5) is 59.7. The lowest BCUT2D eigenvalue weighted by Gasteiger charge is -2.50. The molecule has 6 atom stereocenters. The number of ether oxygens (including phenoxy) is 2. The molecule has 260 valence electrons. The molecule has 0 spiro atoms. The maximum atomic E-state index is 15.4. The molecule has 2 saturated heterocycles. The first kappa shape index (κ1) is 33.9. The number of hydrogen-bond donors (Lipinski definition) is 2. The number of aromatic hydroxyl groups is 1. The van der Waals surface area contributed by atoms with Crippen LogP contribution in [0.25, 0.3) is 0 Å². The first-order valence-electron chi connectivity index (χ1n) is 16.4. The minimum Gasteiger partial charge on any atom is -0.508 e. The Labute approximate surface area is 299 Å². The van der Waals surface area contributed by atoms with Gasteiger partial charge in [0.25, 0.3) is 11.8 Å². The van der Waals surface area contributed by atoms with Gasteiger partial charge >= 0.3 is 0 Å². The molecule has 2 aliphatic heterocycles. The van der Waals surface area contributed by atoms with E-state index in [-0.39, 0.29) is 29.0 Å². The zero-order valence-electron chi connectivity index (χ0n) is 28.2. The van der Waals surface area contributed by atoms with Gasteiger partial charge in [0.05, 0.1) is 48.1 Å². The van der Waals surface area contributed by atoms with Gasteiger partial charge in [0.1, 0.15) is 17.2 Å². The van der Waals surface area contributed by atoms with Crippen LogP contribution in [0.1, 0.15) is 50.7 Å². The van der Waals surface area contributed by atoms with Gasteiger partial charge in [-0.1, -0.05) is 53.1 Å². The number of carbonyl (C=O) groups is 4. The molecule has 4 amide bonds. The van der Waals surface area contributed by atoms with E-state index in [4.69, 9.17) is 32.7 Å². The number of carbonyl (C=O) groups excluding carboxylic acids is 4. The number of rotatable bonds is 6. The van der Waals surface area contributed by atoms with Gasteiger partial charge in [0.2, 0.25) is 11.8 Å². The molecule has 7 rings (SSSR count). The highest BCUT2D eigenvalue weighted by Gasteiger charge is 2.71. The molecule has 6 unspecified atom stereocenters. The largest absolute Gasteiger partial charge is 0.508 e. The molecule has 1 saturated carbocycles. The third kappa shape index (κ3) is 4.90. The number of halogens is 2. The van der Waals surface area contributed by atoms with E-state index in [0.29, 0.717) is 39.8 Å². The molecular formula is C38H37Cl2N3O7. The number of phenolic OH excluding ortho intramolecular Hbond substituents is 1. The molecular weight excluding hydrogens is 681 g/mol. The van der Waals surface area contributed by atoms with E-state index in [2.05, 4.69) is 5.43 Å². The minimum atomic E-state index is -1.55. The second-order valence-corrected chi connectivity index (χ2v) is 15.2. The van der Waals surface area contributed by atoms with Gasteiger partial charge in [0.15, 0.2) is 0 Å². The highest BCUT2D eigenvalue weighted by atomic mass is 35.5. The molecule has 2 N–H and O–H groups in total. The van der Waals surface area contributed by atoms with Gasteiger partial charge in [-0.25, -0.2) is 0 Å². The smallest absolute Gasteiger partial charge is 0.260 e. The molecule has 10 nitrogen and oxygen atoms in total. The third-order valence-electron chi connectivity index (χ3n) is 10.8. The van der Waals surface area contributed by atoms with Gasteiger partial charge in [-0.3, -0.25) is 29.5 Å². The lowest BCUT2D eigenvalue weighted by molar-refractivity contribution is -0.146. The number of nitrogens with one attached hydrogen (secondary N) is 1. The number of nitrogens with zero attached hydrogens (tertiary/aromatic N) is 2. The number of benzene rings is 3. The van der Waals surface area contributed by atoms with Crippen LogP contribution < -0.4 is 14.9 Å². The second-order valence-electron chi connectivity index (χ2n) is 14.3. The van der Waals surface area contributed by atoms with Gasteiger partial charge in [-0.05, 0) is 81.5 Å². The van der Waals surface area contributed by atoms with Gasteiger partial charge in [-0.2, -0.15) is 5.01 Å². The zero-order valence-corrected chi connectivity index (χ0v) is 29.7. The molecule has 0 bridgehead atoms. The van der Waals surface area contributed by atoms with Crippen LogP contribution in [0.2, 0.25) is 10.0 Å². The molecule has 4 aliphatic rings. The number of hydrogen-bond acceptors (Lipinski definition) is 8. The molecule has 3 aromatic rings. The maximum absolute atomic E-state index is 15.4. The van der Waals surface area contributed by atoms with Crippen molar-refractivity contribution in [3.8, 4) is 17.2 Å². The standard InChI is InChI=1S/C38H37Cl2N3O7/c1-37(2,3)42-33(45)25-14-13-23-26(31(25)35(42)47)18-27-34(46)43(41-29-15-8-20(39)16-28(29)40)36(48)38(27,19-6-10-22(49-4)11-7-19)32(23)24-12-9-21(44)17-30(24)50-5/h6-13,15-17,25-27,31-32,41,44H,14,18H2,1-5H3. The number of allylic oxidation sites excluding steroid dienone is 2. The van der Waals surface area contributed by atoms with Crippen LogP contribution in [0.5, 0.6) is 17.2 Å². The molecule has 0 radical (unpaired) electrons. The van der Waals surface area contributed by atoms with E-state index in [1.807, 2.05) is 26.8 Å². The summed E-state index contributed by atoms with van der Waals surface area (Å²) in [7, 11) is 3.01. The summed E-state index contributed by atoms with van der Waals surface area (Å²) in [5, 5.41) is 12.1. The number of hydrazine groups is 1. The molecule has 50 heavy (non-hydrogen) atoms. The van der Waals surface area contributed by atoms with Crippen LogP contribution >= 0.6 is 23.2 Å². The molecule has 0 aromatic heterocycles. The van der Waals surface area contributed by atoms with Crippen molar-refractivity contribution in [3.63, 3.8) is 0 Å². The maximum Gasteiger partial charge on any atom is 0.260 e. The lowest BCUT2D eigenvalue weighted by Crippen LogP contribution is -2.53. The van der Waals surface area contributed by atoms with Crippen molar-refractivity contribution in [3.05, 3.63) is 93.5 Å². The lowest BCUT2D eigenvalue weighted by atomic mass is 9.49. The highest BCUT2D eigenvalue weighted by molar-refractivity contribution is 6.36. The fraction of sp³-hybridized carbons (Fsp3) is 0.368. The Bertz CT molecular complexity index is 1970. The average molecular weight is 719 g/mol. The topological polar surface area (TPSA) is 125 Å². The number of imide groups is 2. The summed E-state index contributed by atoms with van der Waals surface area (Å²) >= 11 is 12.7. The predicted molar refractivity (Wildman–Crippen MR) is 187 cm³/mol. The van der Waals surface area contributed by atoms with E-state index in [0.717, 1.165) is 10.6 Å². The predicted octanol–water partition coefficient (Wildman–Crippen LogP) is 6.50. The van der Waals surface area contributed by atoms with E-state index < -0.39 is 52.4 Å². The summed E-state index contributed by atoms with van der Waals surface area (Å²) in [6.07, 6.45) is 2.40. The Morgan fingerprint density at radius 3 is 2.24 bits per heavy atom. The van der Waals surface area contributed by atoms with Crippen LogP contribution in [0.3, 0.4) is 0 Å². The highest BCUT2D eigenvalue weighted by Crippen LogP contribution is 2.65. The van der Waals surface area contributed by atoms with E-state index in [1.165, 1.54) is 30.2 Å². The van der Waals surface area contributed by atoms with Crippen molar-refractivity contribution >= 4 is 52.5 Å². The van der Waals surface area contributed by atoms with Crippen molar-refractivity contribution in [2.45, 2.75) is 50.5 Å². The second kappa shape index (κ2) is 12.1. The number of fused-ring (bicyclic) bond motifs is 4. The molecule has 12 heteroatoms. The quantitative estimate of drug-likeness (QED) is 0.219. The van der Waals surface area contributed by atoms with Gasteiger partial charge < -0.3 is 14.6 Å². The number of likely N-dealkylation sites (tertiary alicyclic amines) is 1. The van der Waals surface area contributed by atoms with Crippen molar-refractivity contribution in [2.24, 2.45) is 23.7 Å². The fourth-order valence-electron chi connectivity index (χ4n) is 8.79. The van der Waals surface area contributed by atoms with E-state index in [1.54, 1.807) is 49.6 Å². The molecule has 3 fully saturated rings. The third-order valence-corrected chi connectivity index (χ3v) is 11.3. The molecule has 2 aliphatic carbocycles. The number of methoxy groups -OCH3 is 2. The zero-order chi connectivity index (χ0) is 35.9. The first-order valence-corrected chi connectivity index (χ1v) is 17.2. The van der Waals surface area contributed by atoms with Crippen molar-refractivity contribution in [1.29, 1.82) is 0 Å². The van der Waals surface area contributed by atoms with Gasteiger partial charge in [-0.15, -0.1) is 0 Å². The van der Waals surface area contributed by atoms with Crippen LogP contribution in [0.15, 0.2) is 72.3 Å². The Kier molecular flexibility index (Phi) is 8.18. The SMILES string of the molecule is COc1ccc(C23C(=O)N(Nc4ccc(Cl)cc4Cl)C(=O)C2CC2C(=CCC4C(=O)N(C(C)(C)C)C(=O)C42)C3c2ccc(O)cc2OC)cc1. The Morgan fingerprint density at radius 1 is 0.880 bits per heavy atom. The summed E-state index contributed by atoms with van der Waals surface area (Å²) in [5.74, 6) is -4.43. The summed E-state index contributed by atoms with van der Waals surface area (Å²) in [6, 6.07) is 16.4.